The lowest BCUT2D eigenvalue weighted by atomic mass is 9.92. The van der Waals surface area contributed by atoms with Crippen LogP contribution in [-0.2, 0) is 10.0 Å². The lowest BCUT2D eigenvalue weighted by molar-refractivity contribution is -0.382. The average molecular weight is 396 g/mol. The average Bonchev–Trinajstić information content (AvgIpc) is 2.39. The molecule has 144 valence electrons. The maximum atomic E-state index is 13.5. The zero-order valence-corrected chi connectivity index (χ0v) is 12.5. The smallest absolute Gasteiger partial charge is 0.326 e. The van der Waals surface area contributed by atoms with E-state index in [4.69, 9.17) is 5.73 Å². The molecule has 0 aromatic heterocycles. The third kappa shape index (κ3) is 3.31. The maximum absolute atomic E-state index is 13.5. The molecule has 0 spiro atoms. The van der Waals surface area contributed by atoms with Crippen LogP contribution in [0.5, 0.6) is 0 Å². The molecule has 1 fully saturated rings. The molecule has 2 atom stereocenters. The highest BCUT2D eigenvalue weighted by atomic mass is 32.2. The van der Waals surface area contributed by atoms with Crippen molar-refractivity contribution in [2.24, 2.45) is 5.73 Å². The second kappa shape index (κ2) is 6.20. The standard InChI is InChI=1S/C10H13F9N2O2S/c11-7(12,9(15,16)17)8(13,14)10(18,19)24(22,23)21-6-4-2-1-3-5(6)20/h5-6,21H,1-4,20H2/t5-,6-/m0/s1. The van der Waals surface area contributed by atoms with Crippen molar-refractivity contribution in [3.63, 3.8) is 0 Å². The first-order chi connectivity index (χ1) is 10.5. The fourth-order valence-corrected chi connectivity index (χ4v) is 3.41. The van der Waals surface area contributed by atoms with Crippen molar-refractivity contribution >= 4 is 10.0 Å². The number of rotatable bonds is 5. The Morgan fingerprint density at radius 2 is 1.29 bits per heavy atom. The van der Waals surface area contributed by atoms with E-state index in [0.29, 0.717) is 6.42 Å². The minimum absolute atomic E-state index is 0.133. The van der Waals surface area contributed by atoms with E-state index in [0.717, 1.165) is 4.72 Å². The Hall–Kier alpha value is -0.760. The van der Waals surface area contributed by atoms with Crippen molar-refractivity contribution in [3.8, 4) is 0 Å². The summed E-state index contributed by atoms with van der Waals surface area (Å²) in [6.45, 7) is 0. The van der Waals surface area contributed by atoms with Crippen molar-refractivity contribution in [2.45, 2.75) is 61.0 Å². The summed E-state index contributed by atoms with van der Waals surface area (Å²) in [7, 11) is -6.59. The quantitative estimate of drug-likeness (QED) is 0.702. The molecule has 3 N–H and O–H groups in total. The van der Waals surface area contributed by atoms with E-state index in [1.165, 1.54) is 0 Å². The first-order valence-electron chi connectivity index (χ1n) is 6.46. The van der Waals surface area contributed by atoms with Crippen LogP contribution in [0.4, 0.5) is 39.5 Å². The van der Waals surface area contributed by atoms with E-state index in [-0.39, 0.29) is 19.3 Å². The van der Waals surface area contributed by atoms with Crippen molar-refractivity contribution in [2.75, 3.05) is 0 Å². The van der Waals surface area contributed by atoms with Crippen LogP contribution in [0, 0.1) is 0 Å². The van der Waals surface area contributed by atoms with Gasteiger partial charge in [0.15, 0.2) is 0 Å². The van der Waals surface area contributed by atoms with Gasteiger partial charge in [-0.1, -0.05) is 12.8 Å². The van der Waals surface area contributed by atoms with E-state index >= 15 is 0 Å². The van der Waals surface area contributed by atoms with Gasteiger partial charge >= 0.3 is 23.3 Å². The number of hydrogen-bond acceptors (Lipinski definition) is 3. The maximum Gasteiger partial charge on any atom is 0.460 e. The van der Waals surface area contributed by atoms with Crippen LogP contribution in [0.1, 0.15) is 25.7 Å². The number of hydrogen-bond donors (Lipinski definition) is 2. The fourth-order valence-electron chi connectivity index (χ4n) is 2.11. The molecule has 0 radical (unpaired) electrons. The second-order valence-corrected chi connectivity index (χ2v) is 7.09. The van der Waals surface area contributed by atoms with Crippen molar-refractivity contribution < 1.29 is 47.9 Å². The first-order valence-corrected chi connectivity index (χ1v) is 7.95. The fraction of sp³-hybridized carbons (Fsp3) is 1.00. The van der Waals surface area contributed by atoms with Crippen LogP contribution in [0.3, 0.4) is 0 Å². The van der Waals surface area contributed by atoms with Gasteiger partial charge in [-0.05, 0) is 12.8 Å². The molecular weight excluding hydrogens is 383 g/mol. The molecule has 14 heteroatoms. The summed E-state index contributed by atoms with van der Waals surface area (Å²) in [6.07, 6.45) is -6.35. The molecule has 0 aromatic carbocycles. The van der Waals surface area contributed by atoms with Gasteiger partial charge in [-0.3, -0.25) is 0 Å². The molecule has 0 amide bonds. The molecule has 1 rings (SSSR count). The summed E-state index contributed by atoms with van der Waals surface area (Å²) in [4.78, 5) is 0. The lowest BCUT2D eigenvalue weighted by Crippen LogP contribution is -2.66. The minimum atomic E-state index is -7.27. The van der Waals surface area contributed by atoms with E-state index in [2.05, 4.69) is 0 Å². The molecule has 4 nitrogen and oxygen atoms in total. The zero-order valence-electron chi connectivity index (χ0n) is 11.7. The molecule has 0 saturated heterocycles. The molecule has 0 aromatic rings. The van der Waals surface area contributed by atoms with Gasteiger partial charge in [0.25, 0.3) is 10.0 Å². The van der Waals surface area contributed by atoms with E-state index in [9.17, 15) is 47.9 Å². The summed E-state index contributed by atoms with van der Waals surface area (Å²) in [6, 6.07) is -2.55. The Bertz CT molecular complexity index is 561. The van der Waals surface area contributed by atoms with E-state index < -0.39 is 45.4 Å². The number of nitrogens with two attached hydrogens (primary N) is 1. The molecule has 0 unspecified atom stereocenters. The molecule has 0 aliphatic heterocycles. The first kappa shape index (κ1) is 21.3. The zero-order chi connectivity index (χ0) is 19.2. The number of nitrogens with one attached hydrogen (secondary N) is 1. The van der Waals surface area contributed by atoms with Gasteiger partial charge in [-0.15, -0.1) is 0 Å². The normalized spacial score (nSPS) is 24.9. The Kier molecular flexibility index (Phi) is 5.49. The molecule has 0 heterocycles. The van der Waals surface area contributed by atoms with Crippen LogP contribution < -0.4 is 10.5 Å². The van der Waals surface area contributed by atoms with Crippen LogP contribution >= 0.6 is 0 Å². The summed E-state index contributed by atoms with van der Waals surface area (Å²) in [5, 5.41) is -6.73. The highest BCUT2D eigenvalue weighted by molar-refractivity contribution is 7.90. The molecular formula is C10H13F9N2O2S. The third-order valence-corrected chi connectivity index (χ3v) is 5.12. The molecule has 24 heavy (non-hydrogen) atoms. The number of halogens is 9. The molecule has 1 aliphatic carbocycles. The summed E-state index contributed by atoms with van der Waals surface area (Å²) >= 11 is 0. The minimum Gasteiger partial charge on any atom is -0.326 e. The van der Waals surface area contributed by atoms with Crippen molar-refractivity contribution in [1.29, 1.82) is 0 Å². The highest BCUT2D eigenvalue weighted by Gasteiger charge is 2.85. The predicted molar refractivity (Wildman–Crippen MR) is 63.2 cm³/mol. The van der Waals surface area contributed by atoms with Crippen LogP contribution in [-0.4, -0.2) is 43.8 Å². The van der Waals surface area contributed by atoms with E-state index in [1.54, 1.807) is 0 Å². The summed E-state index contributed by atoms with van der Waals surface area (Å²) in [5.74, 6) is -14.5. The van der Waals surface area contributed by atoms with Gasteiger partial charge in [0, 0.05) is 12.1 Å². The lowest BCUT2D eigenvalue weighted by Gasteiger charge is -2.35. The number of sulfonamides is 1. The van der Waals surface area contributed by atoms with Gasteiger partial charge in [0.2, 0.25) is 0 Å². The van der Waals surface area contributed by atoms with Crippen LogP contribution in [0.25, 0.3) is 0 Å². The largest absolute Gasteiger partial charge is 0.460 e. The third-order valence-electron chi connectivity index (χ3n) is 3.58. The van der Waals surface area contributed by atoms with Gasteiger partial charge in [-0.2, -0.15) is 39.5 Å². The van der Waals surface area contributed by atoms with Gasteiger partial charge in [0.05, 0.1) is 0 Å². The van der Waals surface area contributed by atoms with Crippen LogP contribution in [0.2, 0.25) is 0 Å². The summed E-state index contributed by atoms with van der Waals surface area (Å²) < 4.78 is 138. The summed E-state index contributed by atoms with van der Waals surface area (Å²) in [5.41, 5.74) is 5.41. The monoisotopic (exact) mass is 396 g/mol. The highest BCUT2D eigenvalue weighted by Crippen LogP contribution is 2.54. The molecule has 1 saturated carbocycles. The Morgan fingerprint density at radius 3 is 1.71 bits per heavy atom. The van der Waals surface area contributed by atoms with Crippen molar-refractivity contribution in [1.82, 2.24) is 4.72 Å². The van der Waals surface area contributed by atoms with E-state index in [1.807, 2.05) is 0 Å². The Labute approximate surface area is 130 Å². The van der Waals surface area contributed by atoms with Crippen molar-refractivity contribution in [3.05, 3.63) is 0 Å². The Morgan fingerprint density at radius 1 is 0.833 bits per heavy atom. The van der Waals surface area contributed by atoms with Gasteiger partial charge in [-0.25, -0.2) is 13.1 Å². The molecule has 0 bridgehead atoms. The predicted octanol–water partition coefficient (Wildman–Crippen LogP) is 2.60. The van der Waals surface area contributed by atoms with Gasteiger partial charge < -0.3 is 5.73 Å². The Balaban J connectivity index is 3.20. The second-order valence-electron chi connectivity index (χ2n) is 5.34. The van der Waals surface area contributed by atoms with Crippen LogP contribution in [0.15, 0.2) is 0 Å². The SMILES string of the molecule is N[C@H]1CCCC[C@@H]1NS(=O)(=O)C(F)(F)C(F)(F)C(F)(F)C(F)(F)F. The molecule has 1 aliphatic rings. The number of alkyl halides is 9. The van der Waals surface area contributed by atoms with Gasteiger partial charge in [0.1, 0.15) is 0 Å². The topological polar surface area (TPSA) is 72.2 Å².